The fourth-order valence-corrected chi connectivity index (χ4v) is 2.05. The van der Waals surface area contributed by atoms with Crippen molar-refractivity contribution in [3.63, 3.8) is 0 Å². The van der Waals surface area contributed by atoms with E-state index in [1.807, 2.05) is 30.3 Å². The van der Waals surface area contributed by atoms with Gasteiger partial charge in [0.05, 0.1) is 6.61 Å². The smallest absolute Gasteiger partial charge is 0.243 e. The maximum Gasteiger partial charge on any atom is 0.243 e. The summed E-state index contributed by atoms with van der Waals surface area (Å²) in [5, 5.41) is 24.0. The number of nitrogens with zero attached hydrogens (tertiary/aromatic N) is 4. The number of carbonyl (C=O) groups excluding carboxylic acids is 1. The second kappa shape index (κ2) is 5.61. The van der Waals surface area contributed by atoms with Crippen molar-refractivity contribution in [3.8, 4) is 11.4 Å². The van der Waals surface area contributed by atoms with Crippen molar-refractivity contribution in [3.05, 3.63) is 30.3 Å². The molecule has 110 valence electrons. The predicted molar refractivity (Wildman–Crippen MR) is 75.0 cm³/mol. The van der Waals surface area contributed by atoms with Crippen molar-refractivity contribution < 1.29 is 9.90 Å². The highest BCUT2D eigenvalue weighted by Crippen LogP contribution is 2.44. The summed E-state index contributed by atoms with van der Waals surface area (Å²) in [7, 11) is 0. The highest BCUT2D eigenvalue weighted by Gasteiger charge is 2.42. The third kappa shape index (κ3) is 3.25. The molecule has 0 aliphatic heterocycles. The number of aliphatic hydroxyl groups excluding tert-OH is 1. The average molecular weight is 287 g/mol. The zero-order chi connectivity index (χ0) is 14.7. The zero-order valence-electron chi connectivity index (χ0n) is 11.6. The molecule has 1 fully saturated rings. The number of hydrogen-bond donors (Lipinski definition) is 2. The fourth-order valence-electron chi connectivity index (χ4n) is 2.05. The van der Waals surface area contributed by atoms with Gasteiger partial charge in [0.1, 0.15) is 6.54 Å². The minimum Gasteiger partial charge on any atom is -0.396 e. The van der Waals surface area contributed by atoms with Crippen LogP contribution in [0.4, 0.5) is 0 Å². The zero-order valence-corrected chi connectivity index (χ0v) is 11.6. The van der Waals surface area contributed by atoms with Gasteiger partial charge in [-0.25, -0.2) is 0 Å². The van der Waals surface area contributed by atoms with Gasteiger partial charge in [0.2, 0.25) is 11.7 Å². The van der Waals surface area contributed by atoms with E-state index in [1.165, 1.54) is 4.80 Å². The summed E-state index contributed by atoms with van der Waals surface area (Å²) in [4.78, 5) is 13.1. The summed E-state index contributed by atoms with van der Waals surface area (Å²) >= 11 is 0. The van der Waals surface area contributed by atoms with Crippen molar-refractivity contribution >= 4 is 5.91 Å². The minimum absolute atomic E-state index is 0.0291. The largest absolute Gasteiger partial charge is 0.396 e. The van der Waals surface area contributed by atoms with E-state index < -0.39 is 0 Å². The van der Waals surface area contributed by atoms with E-state index in [0.29, 0.717) is 12.4 Å². The molecule has 0 unspecified atom stereocenters. The Bertz CT molecular complexity index is 621. The molecular formula is C14H17N5O2. The first-order valence-electron chi connectivity index (χ1n) is 6.92. The molecule has 0 spiro atoms. The van der Waals surface area contributed by atoms with E-state index in [-0.39, 0.29) is 24.5 Å². The third-order valence-corrected chi connectivity index (χ3v) is 3.72. The van der Waals surface area contributed by atoms with E-state index >= 15 is 0 Å². The summed E-state index contributed by atoms with van der Waals surface area (Å²) in [6.07, 6.45) is 1.92. The lowest BCUT2D eigenvalue weighted by Crippen LogP contribution is -2.34. The van der Waals surface area contributed by atoms with Gasteiger partial charge in [-0.3, -0.25) is 4.79 Å². The van der Waals surface area contributed by atoms with Gasteiger partial charge in [0, 0.05) is 17.5 Å². The Morgan fingerprint density at radius 3 is 2.76 bits per heavy atom. The molecule has 1 aromatic heterocycles. The molecule has 7 nitrogen and oxygen atoms in total. The van der Waals surface area contributed by atoms with E-state index in [2.05, 4.69) is 20.7 Å². The molecule has 2 aromatic rings. The number of rotatable bonds is 6. The second-order valence-electron chi connectivity index (χ2n) is 5.44. The standard InChI is InChI=1S/C14H17N5O2/c20-10-14(6-7-14)9-15-12(21)8-19-17-13(16-18-19)11-4-2-1-3-5-11/h1-5,20H,6-10H2,(H,15,21). The first-order chi connectivity index (χ1) is 10.2. The normalized spacial score (nSPS) is 15.7. The monoisotopic (exact) mass is 287 g/mol. The lowest BCUT2D eigenvalue weighted by atomic mass is 10.1. The molecular weight excluding hydrogens is 270 g/mol. The molecule has 1 amide bonds. The molecule has 1 saturated carbocycles. The van der Waals surface area contributed by atoms with Gasteiger partial charge < -0.3 is 10.4 Å². The Kier molecular flexibility index (Phi) is 3.66. The molecule has 0 radical (unpaired) electrons. The number of aliphatic hydroxyl groups is 1. The molecule has 3 rings (SSSR count). The number of carbonyl (C=O) groups is 1. The van der Waals surface area contributed by atoms with Gasteiger partial charge in [-0.1, -0.05) is 30.3 Å². The summed E-state index contributed by atoms with van der Waals surface area (Å²) in [6.45, 7) is 0.650. The molecule has 7 heteroatoms. The van der Waals surface area contributed by atoms with Gasteiger partial charge in [-0.15, -0.1) is 10.2 Å². The Morgan fingerprint density at radius 2 is 2.10 bits per heavy atom. The van der Waals surface area contributed by atoms with Crippen LogP contribution < -0.4 is 5.32 Å². The van der Waals surface area contributed by atoms with Crippen LogP contribution in [0.1, 0.15) is 12.8 Å². The van der Waals surface area contributed by atoms with Crippen LogP contribution in [-0.4, -0.2) is 44.4 Å². The third-order valence-electron chi connectivity index (χ3n) is 3.72. The van der Waals surface area contributed by atoms with Crippen molar-refractivity contribution in [2.45, 2.75) is 19.4 Å². The van der Waals surface area contributed by atoms with Crippen molar-refractivity contribution in [2.75, 3.05) is 13.2 Å². The number of benzene rings is 1. The molecule has 1 aliphatic rings. The van der Waals surface area contributed by atoms with Crippen LogP contribution in [0.2, 0.25) is 0 Å². The van der Waals surface area contributed by atoms with E-state index in [4.69, 9.17) is 0 Å². The Balaban J connectivity index is 1.56. The number of tetrazole rings is 1. The summed E-state index contributed by atoms with van der Waals surface area (Å²) in [5.74, 6) is 0.323. The first-order valence-corrected chi connectivity index (χ1v) is 6.92. The molecule has 2 N–H and O–H groups in total. The van der Waals surface area contributed by atoms with E-state index in [1.54, 1.807) is 0 Å². The molecule has 0 bridgehead atoms. The van der Waals surface area contributed by atoms with Crippen LogP contribution in [0.15, 0.2) is 30.3 Å². The molecule has 1 aromatic carbocycles. The first kappa shape index (κ1) is 13.7. The molecule has 1 aliphatic carbocycles. The summed E-state index contributed by atoms with van der Waals surface area (Å²) in [5.41, 5.74) is 0.766. The summed E-state index contributed by atoms with van der Waals surface area (Å²) < 4.78 is 0. The highest BCUT2D eigenvalue weighted by atomic mass is 16.3. The topological polar surface area (TPSA) is 92.9 Å². The number of hydrogen-bond acceptors (Lipinski definition) is 5. The fraction of sp³-hybridized carbons (Fsp3) is 0.429. The van der Waals surface area contributed by atoms with Crippen LogP contribution in [0, 0.1) is 5.41 Å². The van der Waals surface area contributed by atoms with Crippen LogP contribution in [0.5, 0.6) is 0 Å². The number of nitrogens with one attached hydrogen (secondary N) is 1. The van der Waals surface area contributed by atoms with Crippen LogP contribution in [0.25, 0.3) is 11.4 Å². The Labute approximate surface area is 122 Å². The minimum atomic E-state index is -0.174. The maximum atomic E-state index is 11.8. The van der Waals surface area contributed by atoms with Gasteiger partial charge in [0.15, 0.2) is 0 Å². The molecule has 0 atom stereocenters. The number of amides is 1. The second-order valence-corrected chi connectivity index (χ2v) is 5.44. The van der Waals surface area contributed by atoms with Crippen molar-refractivity contribution in [2.24, 2.45) is 5.41 Å². The van der Waals surface area contributed by atoms with Crippen molar-refractivity contribution in [1.29, 1.82) is 0 Å². The lowest BCUT2D eigenvalue weighted by molar-refractivity contribution is -0.122. The molecule has 1 heterocycles. The SMILES string of the molecule is O=C(Cn1nnc(-c2ccccc2)n1)NCC1(CO)CC1. The van der Waals surface area contributed by atoms with E-state index in [9.17, 15) is 9.90 Å². The number of aromatic nitrogens is 4. The summed E-state index contributed by atoms with van der Waals surface area (Å²) in [6, 6.07) is 9.48. The van der Waals surface area contributed by atoms with Gasteiger partial charge in [-0.2, -0.15) is 4.80 Å². The Hall–Kier alpha value is -2.28. The quantitative estimate of drug-likeness (QED) is 0.793. The van der Waals surface area contributed by atoms with Gasteiger partial charge in [0.25, 0.3) is 0 Å². The van der Waals surface area contributed by atoms with E-state index in [0.717, 1.165) is 18.4 Å². The maximum absolute atomic E-state index is 11.8. The average Bonchev–Trinajstić information content (AvgIpc) is 3.17. The molecule has 21 heavy (non-hydrogen) atoms. The van der Waals surface area contributed by atoms with Crippen LogP contribution in [0.3, 0.4) is 0 Å². The van der Waals surface area contributed by atoms with Crippen LogP contribution >= 0.6 is 0 Å². The van der Waals surface area contributed by atoms with Gasteiger partial charge >= 0.3 is 0 Å². The molecule has 0 saturated heterocycles. The highest BCUT2D eigenvalue weighted by molar-refractivity contribution is 5.75. The van der Waals surface area contributed by atoms with Gasteiger partial charge in [-0.05, 0) is 18.1 Å². The Morgan fingerprint density at radius 1 is 1.33 bits per heavy atom. The van der Waals surface area contributed by atoms with Crippen LogP contribution in [-0.2, 0) is 11.3 Å². The van der Waals surface area contributed by atoms with Crippen molar-refractivity contribution in [1.82, 2.24) is 25.5 Å². The lowest BCUT2D eigenvalue weighted by Gasteiger charge is -2.12. The predicted octanol–water partition coefficient (Wildman–Crippen LogP) is 0.229.